The quantitative estimate of drug-likeness (QED) is 0.657. The van der Waals surface area contributed by atoms with Crippen LogP contribution in [0.15, 0.2) is 47.4 Å². The third kappa shape index (κ3) is 3.44. The van der Waals surface area contributed by atoms with E-state index in [9.17, 15) is 8.42 Å². The van der Waals surface area contributed by atoms with Crippen LogP contribution in [0.25, 0.3) is 10.2 Å². The summed E-state index contributed by atoms with van der Waals surface area (Å²) >= 11 is 1.46. The monoisotopic (exact) mass is 347 g/mol. The molecule has 2 aromatic carbocycles. The Balaban J connectivity index is 1.87. The van der Waals surface area contributed by atoms with E-state index in [0.717, 1.165) is 21.3 Å². The van der Waals surface area contributed by atoms with E-state index in [1.54, 1.807) is 31.2 Å². The van der Waals surface area contributed by atoms with Crippen molar-refractivity contribution < 1.29 is 12.6 Å². The van der Waals surface area contributed by atoms with Crippen molar-refractivity contribution in [3.8, 4) is 0 Å². The van der Waals surface area contributed by atoms with E-state index in [-0.39, 0.29) is 4.90 Å². The first-order chi connectivity index (χ1) is 10.8. The van der Waals surface area contributed by atoms with Crippen molar-refractivity contribution in [2.75, 3.05) is 0 Å². The number of benzene rings is 2. The molecule has 3 aromatic rings. The molecule has 0 fully saturated rings. The van der Waals surface area contributed by atoms with E-state index in [4.69, 9.17) is 4.18 Å². The zero-order valence-electron chi connectivity index (χ0n) is 13.1. The van der Waals surface area contributed by atoms with Gasteiger partial charge in [-0.1, -0.05) is 23.8 Å². The second kappa shape index (κ2) is 6.03. The molecule has 0 aliphatic carbocycles. The van der Waals surface area contributed by atoms with Crippen molar-refractivity contribution in [2.45, 2.75) is 31.8 Å². The molecule has 0 saturated carbocycles. The molecule has 0 N–H and O–H groups in total. The first-order valence-corrected chi connectivity index (χ1v) is 9.45. The lowest BCUT2D eigenvalue weighted by Crippen LogP contribution is -2.10. The average Bonchev–Trinajstić information content (AvgIpc) is 2.90. The van der Waals surface area contributed by atoms with E-state index < -0.39 is 16.2 Å². The van der Waals surface area contributed by atoms with Gasteiger partial charge in [0.05, 0.1) is 15.1 Å². The maximum Gasteiger partial charge on any atom is 0.297 e. The molecular formula is C17H17NO3S2. The number of rotatable bonds is 4. The standard InChI is InChI=1S/C17H17NO3S2/c1-11-4-7-14(8-5-11)23(19,20)21-13(3)17-18-15-9-6-12(2)10-16(15)22-17/h4-10,13H,1-3H3. The van der Waals surface area contributed by atoms with Crippen LogP contribution in [0.4, 0.5) is 0 Å². The summed E-state index contributed by atoms with van der Waals surface area (Å²) in [6, 6.07) is 12.6. The highest BCUT2D eigenvalue weighted by Gasteiger charge is 2.22. The average molecular weight is 347 g/mol. The van der Waals surface area contributed by atoms with Crippen LogP contribution in [-0.4, -0.2) is 13.4 Å². The second-order valence-electron chi connectivity index (χ2n) is 5.53. The van der Waals surface area contributed by atoms with E-state index in [0.29, 0.717) is 5.01 Å². The van der Waals surface area contributed by atoms with E-state index in [1.165, 1.54) is 11.3 Å². The van der Waals surface area contributed by atoms with Gasteiger partial charge in [0.2, 0.25) is 0 Å². The van der Waals surface area contributed by atoms with Gasteiger partial charge >= 0.3 is 0 Å². The summed E-state index contributed by atoms with van der Waals surface area (Å²) in [5, 5.41) is 0.654. The smallest absolute Gasteiger partial charge is 0.256 e. The highest BCUT2D eigenvalue weighted by Crippen LogP contribution is 2.31. The van der Waals surface area contributed by atoms with Gasteiger partial charge in [0.15, 0.2) is 0 Å². The number of aryl methyl sites for hydroxylation is 2. The van der Waals surface area contributed by atoms with Gasteiger partial charge < -0.3 is 0 Å². The molecule has 4 nitrogen and oxygen atoms in total. The molecule has 0 radical (unpaired) electrons. The molecule has 6 heteroatoms. The van der Waals surface area contributed by atoms with Gasteiger partial charge in [0, 0.05) is 0 Å². The van der Waals surface area contributed by atoms with Crippen LogP contribution < -0.4 is 0 Å². The van der Waals surface area contributed by atoms with Crippen molar-refractivity contribution in [3.63, 3.8) is 0 Å². The second-order valence-corrected chi connectivity index (χ2v) is 8.16. The number of thiazole rings is 1. The molecule has 0 spiro atoms. The van der Waals surface area contributed by atoms with Gasteiger partial charge in [-0.05, 0) is 50.6 Å². The topological polar surface area (TPSA) is 56.3 Å². The highest BCUT2D eigenvalue weighted by atomic mass is 32.2. The minimum absolute atomic E-state index is 0.159. The van der Waals surface area contributed by atoms with Gasteiger partial charge in [-0.3, -0.25) is 4.18 Å². The fourth-order valence-corrected chi connectivity index (χ4v) is 4.37. The van der Waals surface area contributed by atoms with Crippen LogP contribution in [0.3, 0.4) is 0 Å². The van der Waals surface area contributed by atoms with Crippen molar-refractivity contribution >= 4 is 31.7 Å². The molecule has 0 aliphatic heterocycles. The maximum absolute atomic E-state index is 12.4. The first-order valence-electron chi connectivity index (χ1n) is 7.22. The fraction of sp³-hybridized carbons (Fsp3) is 0.235. The Bertz CT molecular complexity index is 944. The predicted octanol–water partition coefficient (Wildman–Crippen LogP) is 4.38. The highest BCUT2D eigenvalue weighted by molar-refractivity contribution is 7.86. The van der Waals surface area contributed by atoms with Gasteiger partial charge in [-0.25, -0.2) is 4.98 Å². The fourth-order valence-electron chi connectivity index (χ4n) is 2.22. The van der Waals surface area contributed by atoms with Crippen LogP contribution >= 0.6 is 11.3 Å². The number of fused-ring (bicyclic) bond motifs is 1. The summed E-state index contributed by atoms with van der Waals surface area (Å²) in [6.45, 7) is 5.62. The summed E-state index contributed by atoms with van der Waals surface area (Å²) in [6.07, 6.45) is -0.626. The Hall–Kier alpha value is -1.76. The maximum atomic E-state index is 12.4. The molecule has 0 bridgehead atoms. The largest absolute Gasteiger partial charge is 0.297 e. The van der Waals surface area contributed by atoms with E-state index >= 15 is 0 Å². The molecule has 120 valence electrons. The molecule has 1 heterocycles. The predicted molar refractivity (Wildman–Crippen MR) is 92.2 cm³/mol. The van der Waals surface area contributed by atoms with Crippen molar-refractivity contribution in [1.29, 1.82) is 0 Å². The summed E-state index contributed by atoms with van der Waals surface area (Å²) in [4.78, 5) is 4.63. The minimum Gasteiger partial charge on any atom is -0.256 e. The zero-order chi connectivity index (χ0) is 16.6. The first kappa shape index (κ1) is 16.1. The number of hydrogen-bond donors (Lipinski definition) is 0. The lowest BCUT2D eigenvalue weighted by Gasteiger charge is -2.10. The molecule has 0 amide bonds. The molecule has 0 aliphatic rings. The molecule has 23 heavy (non-hydrogen) atoms. The molecule has 1 aromatic heterocycles. The van der Waals surface area contributed by atoms with Gasteiger partial charge in [0.25, 0.3) is 10.1 Å². The molecule has 1 atom stereocenters. The van der Waals surface area contributed by atoms with Gasteiger partial charge in [-0.2, -0.15) is 8.42 Å². The van der Waals surface area contributed by atoms with Crippen LogP contribution in [0.5, 0.6) is 0 Å². The Morgan fingerprint density at radius 1 is 1.04 bits per heavy atom. The number of aromatic nitrogens is 1. The number of hydrogen-bond acceptors (Lipinski definition) is 5. The van der Waals surface area contributed by atoms with Crippen molar-refractivity contribution in [3.05, 3.63) is 58.6 Å². The van der Waals surface area contributed by atoms with Crippen molar-refractivity contribution in [1.82, 2.24) is 4.98 Å². The van der Waals surface area contributed by atoms with Crippen LogP contribution in [0, 0.1) is 13.8 Å². The lowest BCUT2D eigenvalue weighted by atomic mass is 10.2. The SMILES string of the molecule is Cc1ccc(S(=O)(=O)OC(C)c2nc3ccc(C)cc3s2)cc1. The third-order valence-corrected chi connectivity index (χ3v) is 6.06. The zero-order valence-corrected chi connectivity index (χ0v) is 14.7. The minimum atomic E-state index is -3.80. The normalized spacial score (nSPS) is 13.3. The Kier molecular flexibility index (Phi) is 4.23. The van der Waals surface area contributed by atoms with Gasteiger partial charge in [-0.15, -0.1) is 11.3 Å². The Labute approximate surface area is 139 Å². The van der Waals surface area contributed by atoms with E-state index in [2.05, 4.69) is 4.98 Å². The summed E-state index contributed by atoms with van der Waals surface area (Å²) < 4.78 is 31.1. The van der Waals surface area contributed by atoms with Crippen LogP contribution in [-0.2, 0) is 14.3 Å². The lowest BCUT2D eigenvalue weighted by molar-refractivity contribution is 0.234. The summed E-state index contributed by atoms with van der Waals surface area (Å²) in [5.74, 6) is 0. The Morgan fingerprint density at radius 3 is 2.39 bits per heavy atom. The summed E-state index contributed by atoms with van der Waals surface area (Å²) in [5.41, 5.74) is 3.01. The van der Waals surface area contributed by atoms with Crippen molar-refractivity contribution in [2.24, 2.45) is 0 Å². The Morgan fingerprint density at radius 2 is 1.70 bits per heavy atom. The van der Waals surface area contributed by atoms with Crippen LogP contribution in [0.1, 0.15) is 29.2 Å². The molecule has 1 unspecified atom stereocenters. The summed E-state index contributed by atoms with van der Waals surface area (Å²) in [7, 11) is -3.80. The van der Waals surface area contributed by atoms with Crippen LogP contribution in [0.2, 0.25) is 0 Å². The van der Waals surface area contributed by atoms with Gasteiger partial charge in [0.1, 0.15) is 11.1 Å². The van der Waals surface area contributed by atoms with E-state index in [1.807, 2.05) is 32.0 Å². The molecule has 3 rings (SSSR count). The molecule has 0 saturated heterocycles. The molecular weight excluding hydrogens is 330 g/mol. The number of nitrogens with zero attached hydrogens (tertiary/aromatic N) is 1. The third-order valence-electron chi connectivity index (χ3n) is 3.49.